The first kappa shape index (κ1) is 13.7. The lowest BCUT2D eigenvalue weighted by molar-refractivity contribution is -0.148. The van der Waals surface area contributed by atoms with E-state index in [-0.39, 0.29) is 11.9 Å². The monoisotopic (exact) mass is 235 g/mol. The summed E-state index contributed by atoms with van der Waals surface area (Å²) in [7, 11) is 0. The fourth-order valence-corrected chi connectivity index (χ4v) is 1.69. The molecule has 0 saturated heterocycles. The zero-order valence-electron chi connectivity index (χ0n) is 10.7. The molecule has 0 unspecified atom stereocenters. The number of ether oxygens (including phenoxy) is 1. The lowest BCUT2D eigenvalue weighted by Gasteiger charge is -2.10. The molecule has 0 aromatic carbocycles. The molecule has 3 heteroatoms. The molecule has 1 rings (SSSR count). The number of hydrogen-bond donors (Lipinski definition) is 0. The normalized spacial score (nSPS) is 12.1. The minimum absolute atomic E-state index is 0.0286. The van der Waals surface area contributed by atoms with Gasteiger partial charge in [0.25, 0.3) is 0 Å². The van der Waals surface area contributed by atoms with Crippen molar-refractivity contribution in [2.24, 2.45) is 5.92 Å². The van der Waals surface area contributed by atoms with Gasteiger partial charge < -0.3 is 4.74 Å². The van der Waals surface area contributed by atoms with Crippen molar-refractivity contribution < 1.29 is 9.53 Å². The molecule has 3 nitrogen and oxygen atoms in total. The highest BCUT2D eigenvalue weighted by Crippen LogP contribution is 2.08. The largest absolute Gasteiger partial charge is 0.465 e. The molecule has 0 radical (unpaired) electrons. The van der Waals surface area contributed by atoms with Crippen molar-refractivity contribution in [3.63, 3.8) is 0 Å². The van der Waals surface area contributed by atoms with E-state index in [4.69, 9.17) is 4.74 Å². The van der Waals surface area contributed by atoms with Crippen molar-refractivity contribution in [1.29, 1.82) is 0 Å². The predicted molar refractivity (Wildman–Crippen MR) is 67.6 cm³/mol. The van der Waals surface area contributed by atoms with Crippen molar-refractivity contribution in [2.75, 3.05) is 6.61 Å². The van der Waals surface area contributed by atoms with Crippen molar-refractivity contribution in [3.8, 4) is 0 Å². The molecule has 0 aliphatic carbocycles. The Kier molecular flexibility index (Phi) is 6.30. The van der Waals surface area contributed by atoms with E-state index in [0.717, 1.165) is 25.7 Å². The van der Waals surface area contributed by atoms with E-state index in [1.54, 1.807) is 12.4 Å². The van der Waals surface area contributed by atoms with Crippen molar-refractivity contribution in [1.82, 2.24) is 4.98 Å². The molecular weight excluding hydrogens is 214 g/mol. The van der Waals surface area contributed by atoms with E-state index in [1.165, 1.54) is 5.56 Å². The van der Waals surface area contributed by atoms with Gasteiger partial charge in [-0.05, 0) is 37.0 Å². The Morgan fingerprint density at radius 2 is 2.12 bits per heavy atom. The summed E-state index contributed by atoms with van der Waals surface area (Å²) >= 11 is 0. The van der Waals surface area contributed by atoms with Gasteiger partial charge in [-0.1, -0.05) is 20.3 Å². The topological polar surface area (TPSA) is 39.2 Å². The van der Waals surface area contributed by atoms with E-state index in [9.17, 15) is 4.79 Å². The zero-order chi connectivity index (χ0) is 12.5. The highest BCUT2D eigenvalue weighted by molar-refractivity contribution is 5.71. The second-order valence-electron chi connectivity index (χ2n) is 4.32. The number of carbonyl (C=O) groups excluding carboxylic acids is 1. The number of hydrogen-bond acceptors (Lipinski definition) is 3. The molecule has 17 heavy (non-hydrogen) atoms. The maximum absolute atomic E-state index is 11.5. The SMILES string of the molecule is CCC[C@@H](C)C(=O)OCCCc1ccncc1. The Labute approximate surface area is 103 Å². The Balaban J connectivity index is 2.14. The first-order valence-corrected chi connectivity index (χ1v) is 6.29. The van der Waals surface area contributed by atoms with E-state index >= 15 is 0 Å². The van der Waals surface area contributed by atoms with Crippen LogP contribution in [0.1, 0.15) is 38.7 Å². The minimum Gasteiger partial charge on any atom is -0.465 e. The smallest absolute Gasteiger partial charge is 0.308 e. The van der Waals surface area contributed by atoms with Gasteiger partial charge in [-0.15, -0.1) is 0 Å². The molecule has 1 aromatic heterocycles. The van der Waals surface area contributed by atoms with Gasteiger partial charge in [-0.25, -0.2) is 0 Å². The van der Waals surface area contributed by atoms with Gasteiger partial charge in [0.1, 0.15) is 0 Å². The van der Waals surface area contributed by atoms with E-state index in [0.29, 0.717) is 6.61 Å². The third-order valence-electron chi connectivity index (χ3n) is 2.73. The molecule has 0 N–H and O–H groups in total. The van der Waals surface area contributed by atoms with Crippen LogP contribution in [0.5, 0.6) is 0 Å². The van der Waals surface area contributed by atoms with E-state index in [2.05, 4.69) is 11.9 Å². The van der Waals surface area contributed by atoms with Gasteiger partial charge in [0, 0.05) is 12.4 Å². The molecule has 0 aliphatic rings. The van der Waals surface area contributed by atoms with Gasteiger partial charge in [0.2, 0.25) is 0 Å². The van der Waals surface area contributed by atoms with Crippen LogP contribution in [0, 0.1) is 5.92 Å². The van der Waals surface area contributed by atoms with Crippen molar-refractivity contribution in [3.05, 3.63) is 30.1 Å². The summed E-state index contributed by atoms with van der Waals surface area (Å²) in [6.45, 7) is 4.51. The van der Waals surface area contributed by atoms with Gasteiger partial charge in [0.15, 0.2) is 0 Å². The fourth-order valence-electron chi connectivity index (χ4n) is 1.69. The van der Waals surface area contributed by atoms with Crippen LogP contribution in [0.2, 0.25) is 0 Å². The number of aryl methyl sites for hydroxylation is 1. The Morgan fingerprint density at radius 1 is 1.41 bits per heavy atom. The first-order valence-electron chi connectivity index (χ1n) is 6.29. The van der Waals surface area contributed by atoms with Gasteiger partial charge in [-0.3, -0.25) is 9.78 Å². The van der Waals surface area contributed by atoms with Gasteiger partial charge >= 0.3 is 5.97 Å². The summed E-state index contributed by atoms with van der Waals surface area (Å²) in [5.74, 6) is -0.0393. The second-order valence-corrected chi connectivity index (χ2v) is 4.32. The zero-order valence-corrected chi connectivity index (χ0v) is 10.7. The van der Waals surface area contributed by atoms with Crippen LogP contribution in [0.25, 0.3) is 0 Å². The van der Waals surface area contributed by atoms with Crippen LogP contribution in [-0.2, 0) is 16.0 Å². The summed E-state index contributed by atoms with van der Waals surface area (Å²) in [5.41, 5.74) is 1.23. The third kappa shape index (κ3) is 5.48. The highest BCUT2D eigenvalue weighted by atomic mass is 16.5. The Morgan fingerprint density at radius 3 is 2.76 bits per heavy atom. The summed E-state index contributed by atoms with van der Waals surface area (Å²) in [4.78, 5) is 15.5. The second kappa shape index (κ2) is 7.82. The molecule has 0 aliphatic heterocycles. The average molecular weight is 235 g/mol. The fraction of sp³-hybridized carbons (Fsp3) is 0.571. The molecule has 94 valence electrons. The van der Waals surface area contributed by atoms with Crippen molar-refractivity contribution in [2.45, 2.75) is 39.5 Å². The Bertz CT molecular complexity index is 324. The Hall–Kier alpha value is -1.38. The van der Waals surface area contributed by atoms with Crippen LogP contribution in [0.4, 0.5) is 0 Å². The number of carbonyl (C=O) groups is 1. The van der Waals surface area contributed by atoms with E-state index < -0.39 is 0 Å². The molecule has 0 fully saturated rings. The molecule has 0 bridgehead atoms. The lowest BCUT2D eigenvalue weighted by atomic mass is 10.1. The van der Waals surface area contributed by atoms with E-state index in [1.807, 2.05) is 19.1 Å². The first-order chi connectivity index (χ1) is 8.24. The number of rotatable bonds is 7. The average Bonchev–Trinajstić information content (AvgIpc) is 2.36. The maximum atomic E-state index is 11.5. The third-order valence-corrected chi connectivity index (χ3v) is 2.73. The minimum atomic E-state index is -0.0680. The number of nitrogens with zero attached hydrogens (tertiary/aromatic N) is 1. The summed E-state index contributed by atoms with van der Waals surface area (Å²) in [6, 6.07) is 3.98. The van der Waals surface area contributed by atoms with Crippen LogP contribution in [0.3, 0.4) is 0 Å². The van der Waals surface area contributed by atoms with Gasteiger partial charge in [-0.2, -0.15) is 0 Å². The summed E-state index contributed by atoms with van der Waals surface area (Å²) in [6.07, 6.45) is 7.29. The molecular formula is C14H21NO2. The number of aromatic nitrogens is 1. The van der Waals surface area contributed by atoms with Crippen molar-refractivity contribution >= 4 is 5.97 Å². The molecule has 0 saturated carbocycles. The predicted octanol–water partition coefficient (Wildman–Crippen LogP) is 2.99. The maximum Gasteiger partial charge on any atom is 0.308 e. The molecule has 1 atom stereocenters. The number of esters is 1. The van der Waals surface area contributed by atoms with Gasteiger partial charge in [0.05, 0.1) is 12.5 Å². The molecule has 0 spiro atoms. The highest BCUT2D eigenvalue weighted by Gasteiger charge is 2.12. The van der Waals surface area contributed by atoms with Crippen LogP contribution in [-0.4, -0.2) is 17.6 Å². The van der Waals surface area contributed by atoms with Crippen LogP contribution < -0.4 is 0 Å². The summed E-state index contributed by atoms with van der Waals surface area (Å²) in [5, 5.41) is 0. The van der Waals surface area contributed by atoms with Crippen LogP contribution in [0.15, 0.2) is 24.5 Å². The molecule has 0 amide bonds. The molecule has 1 heterocycles. The quantitative estimate of drug-likeness (QED) is 0.538. The summed E-state index contributed by atoms with van der Waals surface area (Å²) < 4.78 is 5.22. The van der Waals surface area contributed by atoms with Crippen LogP contribution >= 0.6 is 0 Å². The lowest BCUT2D eigenvalue weighted by Crippen LogP contribution is -2.15. The molecule has 1 aromatic rings. The standard InChI is InChI=1S/C14H21NO2/c1-3-5-12(2)14(16)17-11-4-6-13-7-9-15-10-8-13/h7-10,12H,3-6,11H2,1-2H3/t12-/m1/s1. The number of pyridine rings is 1.